The Balaban J connectivity index is 3.28. The third-order valence-corrected chi connectivity index (χ3v) is 0.915. The molecule has 0 unspecified atom stereocenters. The van der Waals surface area contributed by atoms with E-state index in [-0.39, 0.29) is 5.60 Å². The van der Waals surface area contributed by atoms with Crippen LogP contribution < -0.4 is 5.73 Å². The molecule has 0 aliphatic rings. The van der Waals surface area contributed by atoms with Gasteiger partial charge in [-0.05, 0) is 20.8 Å². The molecule has 0 saturated heterocycles. The van der Waals surface area contributed by atoms with Crippen LogP contribution in [-0.4, -0.2) is 18.8 Å². The largest absolute Gasteiger partial charge is 0.372 e. The highest BCUT2D eigenvalue weighted by Crippen LogP contribution is 2.05. The Hall–Kier alpha value is -0.340. The van der Waals surface area contributed by atoms with Crippen LogP contribution in [0.4, 0.5) is 0 Å². The zero-order chi connectivity index (χ0) is 8.04. The molecule has 0 aliphatic heterocycles. The maximum absolute atomic E-state index is 5.39. The maximum Gasteiger partial charge on any atom is 0.0655 e. The van der Waals surface area contributed by atoms with E-state index < -0.39 is 0 Å². The third-order valence-electron chi connectivity index (χ3n) is 0.915. The lowest BCUT2D eigenvalue weighted by Crippen LogP contribution is -2.18. The zero-order valence-electron chi connectivity index (χ0n) is 7.05. The molecule has 0 radical (unpaired) electrons. The fourth-order valence-electron chi connectivity index (χ4n) is 0.462. The Morgan fingerprint density at radius 3 is 2.30 bits per heavy atom. The van der Waals surface area contributed by atoms with E-state index in [1.54, 1.807) is 0 Å². The lowest BCUT2D eigenvalue weighted by molar-refractivity contribution is 0.0149. The Morgan fingerprint density at radius 2 is 1.90 bits per heavy atom. The van der Waals surface area contributed by atoms with E-state index in [4.69, 9.17) is 10.5 Å². The third kappa shape index (κ3) is 7.66. The van der Waals surface area contributed by atoms with Crippen molar-refractivity contribution in [1.82, 2.24) is 0 Å². The summed E-state index contributed by atoms with van der Waals surface area (Å²) in [5, 5.41) is 0. The summed E-state index contributed by atoms with van der Waals surface area (Å²) in [6, 6.07) is 0. The quantitative estimate of drug-likeness (QED) is 0.605. The number of hydrogen-bond donors (Lipinski definition) is 1. The van der Waals surface area contributed by atoms with Crippen LogP contribution in [0, 0.1) is 0 Å². The summed E-state index contributed by atoms with van der Waals surface area (Å²) >= 11 is 0. The van der Waals surface area contributed by atoms with E-state index in [1.165, 1.54) is 0 Å². The molecule has 0 bridgehead atoms. The summed E-state index contributed by atoms with van der Waals surface area (Å²) < 4.78 is 5.39. The smallest absolute Gasteiger partial charge is 0.0655 e. The molecule has 0 aromatic rings. The van der Waals surface area contributed by atoms with E-state index in [0.29, 0.717) is 13.2 Å². The van der Waals surface area contributed by atoms with Gasteiger partial charge in [0.1, 0.15) is 0 Å². The minimum atomic E-state index is -0.0427. The summed E-state index contributed by atoms with van der Waals surface area (Å²) in [5.41, 5.74) is 5.19. The topological polar surface area (TPSA) is 35.2 Å². The molecule has 0 fully saturated rings. The molecule has 0 saturated carbocycles. The minimum absolute atomic E-state index is 0.0427. The second-order valence-electron chi connectivity index (χ2n) is 3.13. The first-order chi connectivity index (χ1) is 4.56. The molecular formula is C8H17NO. The molecule has 0 rings (SSSR count). The van der Waals surface area contributed by atoms with Crippen molar-refractivity contribution in [2.75, 3.05) is 13.2 Å². The van der Waals surface area contributed by atoms with E-state index in [0.717, 1.165) is 0 Å². The lowest BCUT2D eigenvalue weighted by atomic mass is 10.2. The maximum atomic E-state index is 5.39. The predicted octanol–water partition coefficient (Wildman–Crippen LogP) is 1.32. The van der Waals surface area contributed by atoms with Crippen molar-refractivity contribution in [3.05, 3.63) is 12.2 Å². The molecule has 0 aliphatic carbocycles. The molecule has 0 spiro atoms. The lowest BCUT2D eigenvalue weighted by Gasteiger charge is -2.17. The van der Waals surface area contributed by atoms with Gasteiger partial charge in [-0.1, -0.05) is 12.2 Å². The Kier molecular flexibility index (Phi) is 4.32. The highest BCUT2D eigenvalue weighted by molar-refractivity contribution is 4.82. The average molecular weight is 143 g/mol. The van der Waals surface area contributed by atoms with Gasteiger partial charge >= 0.3 is 0 Å². The molecule has 2 N–H and O–H groups in total. The van der Waals surface area contributed by atoms with Crippen molar-refractivity contribution >= 4 is 0 Å². The van der Waals surface area contributed by atoms with E-state index in [1.807, 2.05) is 32.9 Å². The molecule has 60 valence electrons. The predicted molar refractivity (Wildman–Crippen MR) is 43.9 cm³/mol. The van der Waals surface area contributed by atoms with Crippen molar-refractivity contribution in [3.8, 4) is 0 Å². The number of nitrogens with two attached hydrogens (primary N) is 1. The molecule has 0 aromatic carbocycles. The van der Waals surface area contributed by atoms with Gasteiger partial charge in [-0.2, -0.15) is 0 Å². The molecule has 10 heavy (non-hydrogen) atoms. The van der Waals surface area contributed by atoms with Crippen molar-refractivity contribution in [3.63, 3.8) is 0 Å². The van der Waals surface area contributed by atoms with Gasteiger partial charge in [0, 0.05) is 6.54 Å². The normalized spacial score (nSPS) is 12.8. The van der Waals surface area contributed by atoms with Crippen LogP contribution in [0.5, 0.6) is 0 Å². The molecule has 2 heteroatoms. The molecular weight excluding hydrogens is 126 g/mol. The second kappa shape index (κ2) is 4.47. The molecule has 0 heterocycles. The minimum Gasteiger partial charge on any atom is -0.372 e. The zero-order valence-corrected chi connectivity index (χ0v) is 7.05. The second-order valence-corrected chi connectivity index (χ2v) is 3.13. The highest BCUT2D eigenvalue weighted by Gasteiger charge is 2.07. The van der Waals surface area contributed by atoms with Crippen LogP contribution in [0.1, 0.15) is 20.8 Å². The Bertz CT molecular complexity index is 102. The number of rotatable bonds is 3. The molecule has 2 nitrogen and oxygen atoms in total. The van der Waals surface area contributed by atoms with E-state index in [2.05, 4.69) is 0 Å². The molecule has 0 atom stereocenters. The van der Waals surface area contributed by atoms with Gasteiger partial charge in [0.15, 0.2) is 0 Å². The summed E-state index contributed by atoms with van der Waals surface area (Å²) in [7, 11) is 0. The van der Waals surface area contributed by atoms with Gasteiger partial charge in [-0.15, -0.1) is 0 Å². The van der Waals surface area contributed by atoms with Crippen LogP contribution >= 0.6 is 0 Å². The van der Waals surface area contributed by atoms with Crippen molar-refractivity contribution < 1.29 is 4.74 Å². The standard InChI is InChI=1S/C8H17NO/c1-8(2,3)10-7-5-4-6-9/h4-5H,6-7,9H2,1-3H3. The van der Waals surface area contributed by atoms with Gasteiger partial charge in [0.05, 0.1) is 12.2 Å². The fraction of sp³-hybridized carbons (Fsp3) is 0.750. The SMILES string of the molecule is CC(C)(C)OCC=CCN. The first-order valence-corrected chi connectivity index (χ1v) is 3.55. The number of ether oxygens (including phenoxy) is 1. The fourth-order valence-corrected chi connectivity index (χ4v) is 0.462. The first kappa shape index (κ1) is 9.66. The summed E-state index contributed by atoms with van der Waals surface area (Å²) in [5.74, 6) is 0. The van der Waals surface area contributed by atoms with Crippen LogP contribution in [0.15, 0.2) is 12.2 Å². The van der Waals surface area contributed by atoms with Gasteiger partial charge in [0.25, 0.3) is 0 Å². The van der Waals surface area contributed by atoms with Crippen LogP contribution in [-0.2, 0) is 4.74 Å². The molecule has 0 aromatic heterocycles. The van der Waals surface area contributed by atoms with Crippen LogP contribution in [0.2, 0.25) is 0 Å². The van der Waals surface area contributed by atoms with Gasteiger partial charge in [-0.3, -0.25) is 0 Å². The molecule has 0 amide bonds. The van der Waals surface area contributed by atoms with Gasteiger partial charge in [-0.25, -0.2) is 0 Å². The summed E-state index contributed by atoms with van der Waals surface area (Å²) in [6.45, 7) is 7.34. The van der Waals surface area contributed by atoms with Crippen LogP contribution in [0.25, 0.3) is 0 Å². The summed E-state index contributed by atoms with van der Waals surface area (Å²) in [6.07, 6.45) is 3.83. The average Bonchev–Trinajstić information content (AvgIpc) is 1.78. The van der Waals surface area contributed by atoms with E-state index in [9.17, 15) is 0 Å². The van der Waals surface area contributed by atoms with Gasteiger partial charge < -0.3 is 10.5 Å². The van der Waals surface area contributed by atoms with Crippen LogP contribution in [0.3, 0.4) is 0 Å². The first-order valence-electron chi connectivity index (χ1n) is 3.55. The van der Waals surface area contributed by atoms with E-state index >= 15 is 0 Å². The number of hydrogen-bond acceptors (Lipinski definition) is 2. The van der Waals surface area contributed by atoms with Crippen molar-refractivity contribution in [2.24, 2.45) is 5.73 Å². The van der Waals surface area contributed by atoms with Crippen molar-refractivity contribution in [1.29, 1.82) is 0 Å². The van der Waals surface area contributed by atoms with Gasteiger partial charge in [0.2, 0.25) is 0 Å². The van der Waals surface area contributed by atoms with Crippen molar-refractivity contribution in [2.45, 2.75) is 26.4 Å². The summed E-state index contributed by atoms with van der Waals surface area (Å²) in [4.78, 5) is 0. The monoisotopic (exact) mass is 143 g/mol. The Morgan fingerprint density at radius 1 is 1.30 bits per heavy atom. The Labute approximate surface area is 63.1 Å². The highest BCUT2D eigenvalue weighted by atomic mass is 16.5.